The van der Waals surface area contributed by atoms with E-state index in [-0.39, 0.29) is 18.6 Å². The molecule has 23 heavy (non-hydrogen) atoms. The van der Waals surface area contributed by atoms with Crippen LogP contribution in [0.3, 0.4) is 0 Å². The number of rotatable bonds is 7. The summed E-state index contributed by atoms with van der Waals surface area (Å²) in [5.41, 5.74) is 0. The average Bonchev–Trinajstić information content (AvgIpc) is 2.53. The molecule has 136 valence electrons. The van der Waals surface area contributed by atoms with Gasteiger partial charge in [0.2, 0.25) is 0 Å². The van der Waals surface area contributed by atoms with E-state index in [0.29, 0.717) is 31.7 Å². The first-order valence-electron chi connectivity index (χ1n) is 8.89. The summed E-state index contributed by atoms with van der Waals surface area (Å²) in [5, 5.41) is 0. The number of hydrogen-bond donors (Lipinski definition) is 0. The van der Waals surface area contributed by atoms with Gasteiger partial charge in [-0.1, -0.05) is 6.92 Å². The van der Waals surface area contributed by atoms with Crippen molar-refractivity contribution in [3.63, 3.8) is 0 Å². The van der Waals surface area contributed by atoms with E-state index in [1.807, 2.05) is 0 Å². The van der Waals surface area contributed by atoms with Crippen LogP contribution in [0.2, 0.25) is 0 Å². The Balaban J connectivity index is 1.60. The summed E-state index contributed by atoms with van der Waals surface area (Å²) in [7, 11) is 0. The van der Waals surface area contributed by atoms with E-state index in [4.69, 9.17) is 14.2 Å². The lowest BCUT2D eigenvalue weighted by Gasteiger charge is -2.37. The van der Waals surface area contributed by atoms with Crippen molar-refractivity contribution in [3.8, 4) is 0 Å². The number of halogens is 3. The predicted molar refractivity (Wildman–Crippen MR) is 81.1 cm³/mol. The molecule has 1 aliphatic heterocycles. The Kier molecular flexibility index (Phi) is 7.63. The van der Waals surface area contributed by atoms with Crippen LogP contribution in [0.25, 0.3) is 0 Å². The maximum absolute atomic E-state index is 12.2. The maximum atomic E-state index is 12.2. The Labute approximate surface area is 136 Å². The highest BCUT2D eigenvalue weighted by Gasteiger charge is 2.33. The Hall–Kier alpha value is -0.330. The molecule has 1 aliphatic carbocycles. The fourth-order valence-corrected chi connectivity index (χ4v) is 3.40. The Morgan fingerprint density at radius 3 is 2.26 bits per heavy atom. The van der Waals surface area contributed by atoms with Crippen LogP contribution in [-0.4, -0.2) is 38.4 Å². The van der Waals surface area contributed by atoms with Crippen molar-refractivity contribution in [1.29, 1.82) is 0 Å². The third-order valence-corrected chi connectivity index (χ3v) is 4.73. The quantitative estimate of drug-likeness (QED) is 0.674. The van der Waals surface area contributed by atoms with Gasteiger partial charge in [-0.3, -0.25) is 0 Å². The van der Waals surface area contributed by atoms with Gasteiger partial charge >= 0.3 is 6.18 Å². The summed E-state index contributed by atoms with van der Waals surface area (Å²) in [5.74, 6) is 0.491. The number of ether oxygens (including phenoxy) is 3. The summed E-state index contributed by atoms with van der Waals surface area (Å²) in [6, 6.07) is 0. The van der Waals surface area contributed by atoms with Crippen molar-refractivity contribution < 1.29 is 27.4 Å². The number of hydrogen-bond acceptors (Lipinski definition) is 3. The van der Waals surface area contributed by atoms with Crippen molar-refractivity contribution in [2.24, 2.45) is 11.8 Å². The smallest absolute Gasteiger partial charge is 0.378 e. The fourth-order valence-electron chi connectivity index (χ4n) is 3.40. The van der Waals surface area contributed by atoms with Crippen LogP contribution >= 0.6 is 0 Å². The summed E-state index contributed by atoms with van der Waals surface area (Å²) in [6.07, 6.45) is 1.30. The van der Waals surface area contributed by atoms with Gasteiger partial charge in [-0.05, 0) is 44.9 Å². The van der Waals surface area contributed by atoms with Gasteiger partial charge in [0.15, 0.2) is 6.29 Å². The van der Waals surface area contributed by atoms with Crippen molar-refractivity contribution >= 4 is 0 Å². The van der Waals surface area contributed by atoms with Gasteiger partial charge in [-0.15, -0.1) is 0 Å². The zero-order chi connectivity index (χ0) is 16.7. The molecule has 1 heterocycles. The van der Waals surface area contributed by atoms with Gasteiger partial charge < -0.3 is 14.2 Å². The van der Waals surface area contributed by atoms with Crippen LogP contribution in [0.15, 0.2) is 0 Å². The largest absolute Gasteiger partial charge is 0.389 e. The lowest BCUT2D eigenvalue weighted by molar-refractivity contribution is -0.232. The molecule has 0 spiro atoms. The average molecular weight is 338 g/mol. The van der Waals surface area contributed by atoms with Gasteiger partial charge in [0.05, 0.1) is 19.3 Å². The topological polar surface area (TPSA) is 27.7 Å². The molecule has 0 aromatic heterocycles. The van der Waals surface area contributed by atoms with Crippen molar-refractivity contribution in [1.82, 2.24) is 0 Å². The van der Waals surface area contributed by atoms with Gasteiger partial charge in [0.1, 0.15) is 0 Å². The summed E-state index contributed by atoms with van der Waals surface area (Å²) in [4.78, 5) is 0. The molecule has 2 aliphatic rings. The van der Waals surface area contributed by atoms with Crippen LogP contribution in [0.5, 0.6) is 0 Å². The Bertz CT molecular complexity index is 320. The Morgan fingerprint density at radius 1 is 1.04 bits per heavy atom. The molecule has 2 rings (SSSR count). The zero-order valence-electron chi connectivity index (χ0n) is 13.9. The first kappa shape index (κ1) is 19.0. The first-order chi connectivity index (χ1) is 11.0. The van der Waals surface area contributed by atoms with Gasteiger partial charge in [-0.25, -0.2) is 0 Å². The third-order valence-electron chi connectivity index (χ3n) is 4.73. The van der Waals surface area contributed by atoms with E-state index in [9.17, 15) is 13.2 Å². The lowest BCUT2D eigenvalue weighted by Crippen LogP contribution is -2.39. The molecule has 0 unspecified atom stereocenters. The Morgan fingerprint density at radius 2 is 1.70 bits per heavy atom. The maximum Gasteiger partial charge on any atom is 0.389 e. The summed E-state index contributed by atoms with van der Waals surface area (Å²) < 4.78 is 53.8. The van der Waals surface area contributed by atoms with E-state index in [1.165, 1.54) is 0 Å². The molecule has 2 fully saturated rings. The molecule has 6 heteroatoms. The molecule has 0 aromatic rings. The van der Waals surface area contributed by atoms with Crippen molar-refractivity contribution in [2.45, 2.75) is 76.9 Å². The van der Waals surface area contributed by atoms with E-state index < -0.39 is 12.6 Å². The molecule has 0 atom stereocenters. The highest BCUT2D eigenvalue weighted by molar-refractivity contribution is 4.77. The second kappa shape index (κ2) is 9.23. The highest BCUT2D eigenvalue weighted by atomic mass is 19.4. The first-order valence-corrected chi connectivity index (χ1v) is 8.89. The van der Waals surface area contributed by atoms with E-state index in [1.54, 1.807) is 0 Å². The molecule has 1 saturated carbocycles. The van der Waals surface area contributed by atoms with Crippen LogP contribution in [0.4, 0.5) is 13.2 Å². The normalized spacial score (nSPS) is 32.9. The van der Waals surface area contributed by atoms with E-state index in [0.717, 1.165) is 38.7 Å². The van der Waals surface area contributed by atoms with Gasteiger partial charge in [0.25, 0.3) is 0 Å². The monoisotopic (exact) mass is 338 g/mol. The minimum atomic E-state index is -4.06. The SMILES string of the molecule is CCCOC1CCC(C2OCC(CCCC(F)(F)F)CO2)CC1. The molecule has 0 bridgehead atoms. The van der Waals surface area contributed by atoms with Crippen molar-refractivity contribution in [2.75, 3.05) is 19.8 Å². The zero-order valence-corrected chi connectivity index (χ0v) is 13.9. The second-order valence-electron chi connectivity index (χ2n) is 6.82. The van der Waals surface area contributed by atoms with E-state index in [2.05, 4.69) is 6.92 Å². The molecular weight excluding hydrogens is 309 g/mol. The van der Waals surface area contributed by atoms with E-state index >= 15 is 0 Å². The fraction of sp³-hybridized carbons (Fsp3) is 1.00. The summed E-state index contributed by atoms with van der Waals surface area (Å²) >= 11 is 0. The standard InChI is InChI=1S/C17H29F3O3/c1-2-10-21-15-7-5-14(6-8-15)16-22-11-13(12-23-16)4-3-9-17(18,19)20/h13-16H,2-12H2,1H3. The van der Waals surface area contributed by atoms with Crippen LogP contribution in [0, 0.1) is 11.8 Å². The molecule has 3 nitrogen and oxygen atoms in total. The van der Waals surface area contributed by atoms with Crippen LogP contribution in [0.1, 0.15) is 58.3 Å². The van der Waals surface area contributed by atoms with Crippen molar-refractivity contribution in [3.05, 3.63) is 0 Å². The summed E-state index contributed by atoms with van der Waals surface area (Å²) in [6.45, 7) is 3.98. The molecule has 0 radical (unpaired) electrons. The highest BCUT2D eigenvalue weighted by Crippen LogP contribution is 2.33. The second-order valence-corrected chi connectivity index (χ2v) is 6.82. The molecule has 0 amide bonds. The lowest BCUT2D eigenvalue weighted by atomic mass is 9.86. The minimum Gasteiger partial charge on any atom is -0.378 e. The van der Waals surface area contributed by atoms with Crippen LogP contribution < -0.4 is 0 Å². The molecule has 0 aromatic carbocycles. The third kappa shape index (κ3) is 6.98. The van der Waals surface area contributed by atoms with Gasteiger partial charge in [0, 0.05) is 24.9 Å². The predicted octanol–water partition coefficient (Wildman–Crippen LogP) is 4.69. The molecule has 0 N–H and O–H groups in total. The molecule has 1 saturated heterocycles. The van der Waals surface area contributed by atoms with Crippen LogP contribution in [-0.2, 0) is 14.2 Å². The minimum absolute atomic E-state index is 0.0952. The molecular formula is C17H29F3O3. The van der Waals surface area contributed by atoms with Gasteiger partial charge in [-0.2, -0.15) is 13.2 Å². The number of alkyl halides is 3.